The standard InChI is InChI=1S/C19H25N3O3/c1-13(9-17-5-4-8-24-17)21-19(23)16-6-7-18(20-10-16)22-11-14(2)25-15(3)12-22/h4-8,10,13-15H,9,11-12H2,1-3H3,(H,21,23)/t13-,14-,15-/m1/s1. The SMILES string of the molecule is C[C@H](Cc1ccco1)NC(=O)c1ccc(N2C[C@@H](C)O[C@H](C)C2)nc1. The van der Waals surface area contributed by atoms with Gasteiger partial charge in [0.05, 0.1) is 24.0 Å². The highest BCUT2D eigenvalue weighted by Gasteiger charge is 2.23. The number of pyridine rings is 1. The average molecular weight is 343 g/mol. The van der Waals surface area contributed by atoms with Crippen molar-refractivity contribution in [3.8, 4) is 0 Å². The zero-order valence-electron chi connectivity index (χ0n) is 14.9. The van der Waals surface area contributed by atoms with Crippen molar-refractivity contribution in [1.82, 2.24) is 10.3 Å². The van der Waals surface area contributed by atoms with E-state index in [0.717, 1.165) is 24.7 Å². The van der Waals surface area contributed by atoms with Crippen LogP contribution in [0.5, 0.6) is 0 Å². The predicted octanol–water partition coefficient (Wildman–Crippen LogP) is 2.65. The minimum absolute atomic E-state index is 0.0146. The Morgan fingerprint density at radius 1 is 1.32 bits per heavy atom. The molecule has 1 aliphatic rings. The van der Waals surface area contributed by atoms with Crippen LogP contribution >= 0.6 is 0 Å². The molecular weight excluding hydrogens is 318 g/mol. The van der Waals surface area contributed by atoms with Crippen molar-refractivity contribution in [2.75, 3.05) is 18.0 Å². The van der Waals surface area contributed by atoms with Gasteiger partial charge in [0.15, 0.2) is 0 Å². The third-order valence-corrected chi connectivity index (χ3v) is 4.22. The van der Waals surface area contributed by atoms with Crippen molar-refractivity contribution in [2.45, 2.75) is 45.4 Å². The van der Waals surface area contributed by atoms with E-state index in [0.29, 0.717) is 12.0 Å². The molecule has 6 nitrogen and oxygen atoms in total. The first-order valence-electron chi connectivity index (χ1n) is 8.71. The van der Waals surface area contributed by atoms with Gasteiger partial charge in [-0.15, -0.1) is 0 Å². The molecule has 0 spiro atoms. The molecule has 0 saturated carbocycles. The first-order chi connectivity index (χ1) is 12.0. The number of carbonyl (C=O) groups excluding carboxylic acids is 1. The quantitative estimate of drug-likeness (QED) is 0.904. The fourth-order valence-electron chi connectivity index (χ4n) is 3.16. The van der Waals surface area contributed by atoms with E-state index in [1.54, 1.807) is 12.5 Å². The number of carbonyl (C=O) groups is 1. The molecule has 6 heteroatoms. The van der Waals surface area contributed by atoms with E-state index >= 15 is 0 Å². The number of aromatic nitrogens is 1. The number of morpholine rings is 1. The third-order valence-electron chi connectivity index (χ3n) is 4.22. The molecule has 2 aromatic heterocycles. The lowest BCUT2D eigenvalue weighted by molar-refractivity contribution is -0.00546. The van der Waals surface area contributed by atoms with E-state index in [4.69, 9.17) is 9.15 Å². The molecule has 134 valence electrons. The maximum absolute atomic E-state index is 12.4. The molecule has 0 unspecified atom stereocenters. The first-order valence-corrected chi connectivity index (χ1v) is 8.71. The predicted molar refractivity (Wildman–Crippen MR) is 95.8 cm³/mol. The highest BCUT2D eigenvalue weighted by Crippen LogP contribution is 2.18. The number of hydrogen-bond donors (Lipinski definition) is 1. The maximum Gasteiger partial charge on any atom is 0.253 e. The van der Waals surface area contributed by atoms with Crippen LogP contribution in [-0.2, 0) is 11.2 Å². The summed E-state index contributed by atoms with van der Waals surface area (Å²) >= 11 is 0. The van der Waals surface area contributed by atoms with Gasteiger partial charge in [0.2, 0.25) is 0 Å². The minimum atomic E-state index is -0.123. The smallest absolute Gasteiger partial charge is 0.253 e. The van der Waals surface area contributed by atoms with Crippen LogP contribution in [0.3, 0.4) is 0 Å². The molecule has 2 aromatic rings. The molecule has 3 atom stereocenters. The molecule has 0 radical (unpaired) electrons. The topological polar surface area (TPSA) is 67.6 Å². The van der Waals surface area contributed by atoms with Crippen molar-refractivity contribution < 1.29 is 13.9 Å². The van der Waals surface area contributed by atoms with Crippen LogP contribution in [-0.4, -0.2) is 42.2 Å². The molecule has 3 rings (SSSR count). The third kappa shape index (κ3) is 4.60. The van der Waals surface area contributed by atoms with E-state index in [1.807, 2.05) is 31.2 Å². The molecule has 1 amide bonds. The van der Waals surface area contributed by atoms with Gasteiger partial charge in [0.25, 0.3) is 5.91 Å². The van der Waals surface area contributed by atoms with Crippen LogP contribution in [0.15, 0.2) is 41.1 Å². The zero-order valence-corrected chi connectivity index (χ0v) is 14.9. The van der Waals surface area contributed by atoms with Gasteiger partial charge in [-0.2, -0.15) is 0 Å². The summed E-state index contributed by atoms with van der Waals surface area (Å²) < 4.78 is 11.1. The lowest BCUT2D eigenvalue weighted by Crippen LogP contribution is -2.45. The Morgan fingerprint density at radius 3 is 2.68 bits per heavy atom. The fourth-order valence-corrected chi connectivity index (χ4v) is 3.16. The Hall–Kier alpha value is -2.34. The monoisotopic (exact) mass is 343 g/mol. The molecule has 1 fully saturated rings. The van der Waals surface area contributed by atoms with Gasteiger partial charge in [-0.1, -0.05) is 0 Å². The summed E-state index contributed by atoms with van der Waals surface area (Å²) in [6.45, 7) is 7.70. The highest BCUT2D eigenvalue weighted by atomic mass is 16.5. The Kier molecular flexibility index (Phi) is 5.38. The van der Waals surface area contributed by atoms with Gasteiger partial charge < -0.3 is 19.4 Å². The number of amides is 1. The van der Waals surface area contributed by atoms with E-state index in [9.17, 15) is 4.79 Å². The zero-order chi connectivity index (χ0) is 17.8. The molecule has 25 heavy (non-hydrogen) atoms. The van der Waals surface area contributed by atoms with Gasteiger partial charge in [0.1, 0.15) is 11.6 Å². The van der Waals surface area contributed by atoms with Crippen LogP contribution in [0.4, 0.5) is 5.82 Å². The Labute approximate surface area is 148 Å². The van der Waals surface area contributed by atoms with Gasteiger partial charge in [-0.25, -0.2) is 4.98 Å². The van der Waals surface area contributed by atoms with Crippen LogP contribution in [0.1, 0.15) is 36.9 Å². The summed E-state index contributed by atoms with van der Waals surface area (Å²) in [4.78, 5) is 19.0. The summed E-state index contributed by atoms with van der Waals surface area (Å²) in [5, 5.41) is 2.98. The van der Waals surface area contributed by atoms with E-state index < -0.39 is 0 Å². The van der Waals surface area contributed by atoms with E-state index in [1.165, 1.54) is 0 Å². The number of nitrogens with one attached hydrogen (secondary N) is 1. The summed E-state index contributed by atoms with van der Waals surface area (Å²) in [6.07, 6.45) is 4.29. The van der Waals surface area contributed by atoms with E-state index in [-0.39, 0.29) is 24.2 Å². The second-order valence-corrected chi connectivity index (χ2v) is 6.73. The second kappa shape index (κ2) is 7.70. The van der Waals surface area contributed by atoms with Gasteiger partial charge in [0, 0.05) is 31.7 Å². The minimum Gasteiger partial charge on any atom is -0.469 e. The van der Waals surface area contributed by atoms with Gasteiger partial charge >= 0.3 is 0 Å². The van der Waals surface area contributed by atoms with Crippen molar-refractivity contribution in [1.29, 1.82) is 0 Å². The molecule has 0 bridgehead atoms. The number of hydrogen-bond acceptors (Lipinski definition) is 5. The molecular formula is C19H25N3O3. The van der Waals surface area contributed by atoms with Crippen molar-refractivity contribution in [2.24, 2.45) is 0 Å². The van der Waals surface area contributed by atoms with Gasteiger partial charge in [-0.3, -0.25) is 4.79 Å². The van der Waals surface area contributed by atoms with Crippen molar-refractivity contribution >= 4 is 11.7 Å². The van der Waals surface area contributed by atoms with E-state index in [2.05, 4.69) is 29.0 Å². The summed E-state index contributed by atoms with van der Waals surface area (Å²) in [7, 11) is 0. The first kappa shape index (κ1) is 17.5. The molecule has 0 aliphatic carbocycles. The number of ether oxygens (including phenoxy) is 1. The van der Waals surface area contributed by atoms with Crippen LogP contribution in [0.2, 0.25) is 0 Å². The summed E-state index contributed by atoms with van der Waals surface area (Å²) in [5.74, 6) is 1.61. The average Bonchev–Trinajstić information content (AvgIpc) is 3.07. The Morgan fingerprint density at radius 2 is 2.08 bits per heavy atom. The molecule has 1 saturated heterocycles. The number of furan rings is 1. The van der Waals surface area contributed by atoms with Crippen molar-refractivity contribution in [3.63, 3.8) is 0 Å². The Bertz CT molecular complexity index is 674. The maximum atomic E-state index is 12.4. The lowest BCUT2D eigenvalue weighted by Gasteiger charge is -2.36. The van der Waals surface area contributed by atoms with Crippen LogP contribution in [0.25, 0.3) is 0 Å². The molecule has 0 aromatic carbocycles. The van der Waals surface area contributed by atoms with Crippen LogP contribution in [0, 0.1) is 0 Å². The van der Waals surface area contributed by atoms with Crippen LogP contribution < -0.4 is 10.2 Å². The Balaban J connectivity index is 1.58. The second-order valence-electron chi connectivity index (χ2n) is 6.73. The largest absolute Gasteiger partial charge is 0.469 e. The lowest BCUT2D eigenvalue weighted by atomic mass is 10.1. The highest BCUT2D eigenvalue weighted by molar-refractivity contribution is 5.94. The summed E-state index contributed by atoms with van der Waals surface area (Å²) in [6, 6.07) is 7.46. The molecule has 3 heterocycles. The summed E-state index contributed by atoms with van der Waals surface area (Å²) in [5.41, 5.74) is 0.560. The fraction of sp³-hybridized carbons (Fsp3) is 0.474. The van der Waals surface area contributed by atoms with Crippen molar-refractivity contribution in [3.05, 3.63) is 48.0 Å². The molecule has 1 aliphatic heterocycles. The molecule has 1 N–H and O–H groups in total. The number of nitrogens with zero attached hydrogens (tertiary/aromatic N) is 2. The van der Waals surface area contributed by atoms with Gasteiger partial charge in [-0.05, 0) is 45.0 Å². The normalized spacial score (nSPS) is 21.8. The number of anilines is 1. The number of rotatable bonds is 5.